The zero-order valence-electron chi connectivity index (χ0n) is 14.9. The zero-order chi connectivity index (χ0) is 18.0. The maximum Gasteiger partial charge on any atom is 0.315 e. The summed E-state index contributed by atoms with van der Waals surface area (Å²) in [5.41, 5.74) is -0.639. The van der Waals surface area contributed by atoms with Gasteiger partial charge in [0, 0.05) is 12.5 Å². The highest BCUT2D eigenvalue weighted by Gasteiger charge is 2.69. The van der Waals surface area contributed by atoms with Crippen LogP contribution in [0.4, 0.5) is 0 Å². The van der Waals surface area contributed by atoms with E-state index in [1.165, 1.54) is 38.5 Å². The van der Waals surface area contributed by atoms with Gasteiger partial charge in [0.15, 0.2) is 6.61 Å². The Morgan fingerprint density at radius 3 is 2.04 bits per heavy atom. The maximum absolute atomic E-state index is 12.3. The molecule has 5 aliphatic carbocycles. The summed E-state index contributed by atoms with van der Waals surface area (Å²) in [6.07, 6.45) is 8.23. The van der Waals surface area contributed by atoms with Gasteiger partial charge in [-0.25, -0.2) is 0 Å². The van der Waals surface area contributed by atoms with Crippen LogP contribution < -0.4 is 5.32 Å². The Bertz CT molecular complexity index is 570. The van der Waals surface area contributed by atoms with Crippen LogP contribution in [0.25, 0.3) is 0 Å². The van der Waals surface area contributed by atoms with Gasteiger partial charge in [-0.1, -0.05) is 0 Å². The fraction of sp³-hybridized carbons (Fsp3) is 0.895. The molecule has 140 valence electrons. The maximum atomic E-state index is 12.3. The summed E-state index contributed by atoms with van der Waals surface area (Å²) in [4.78, 5) is 24.4. The van der Waals surface area contributed by atoms with Crippen LogP contribution in [0.3, 0.4) is 0 Å². The van der Waals surface area contributed by atoms with Gasteiger partial charge in [-0.2, -0.15) is 0 Å². The van der Waals surface area contributed by atoms with Gasteiger partial charge in [0.1, 0.15) is 9.75 Å². The minimum Gasteiger partial charge on any atom is -0.455 e. The molecule has 0 heterocycles. The molecule has 0 aliphatic heterocycles. The third-order valence-corrected chi connectivity index (χ3v) is 8.53. The number of hydrogen-bond donors (Lipinski definition) is 1. The van der Waals surface area contributed by atoms with Gasteiger partial charge in [0.2, 0.25) is 0 Å². The van der Waals surface area contributed by atoms with Gasteiger partial charge in [0.05, 0.1) is 0 Å². The molecule has 1 amide bonds. The summed E-state index contributed by atoms with van der Waals surface area (Å²) in [6.45, 7) is 3.54. The molecule has 5 aliphatic rings. The molecule has 25 heavy (non-hydrogen) atoms. The Morgan fingerprint density at radius 1 is 1.12 bits per heavy atom. The van der Waals surface area contributed by atoms with E-state index in [4.69, 9.17) is 27.9 Å². The number of alkyl halides is 2. The minimum absolute atomic E-state index is 0.128. The first kappa shape index (κ1) is 17.9. The van der Waals surface area contributed by atoms with E-state index in [-0.39, 0.29) is 24.0 Å². The Hall–Kier alpha value is -0.480. The Morgan fingerprint density at radius 2 is 1.60 bits per heavy atom. The van der Waals surface area contributed by atoms with Crippen molar-refractivity contribution in [3.63, 3.8) is 0 Å². The molecule has 5 saturated carbocycles. The van der Waals surface area contributed by atoms with E-state index in [0.717, 1.165) is 17.8 Å². The first-order valence-corrected chi connectivity index (χ1v) is 10.2. The van der Waals surface area contributed by atoms with Gasteiger partial charge in [0.25, 0.3) is 5.91 Å². The summed E-state index contributed by atoms with van der Waals surface area (Å²) < 4.78 is 4.10. The van der Waals surface area contributed by atoms with Crippen LogP contribution in [0.2, 0.25) is 0 Å². The van der Waals surface area contributed by atoms with Crippen LogP contribution in [0.5, 0.6) is 0 Å². The van der Waals surface area contributed by atoms with Gasteiger partial charge in [-0.3, -0.25) is 9.59 Å². The van der Waals surface area contributed by atoms with E-state index in [1.807, 2.05) is 0 Å². The van der Waals surface area contributed by atoms with E-state index in [9.17, 15) is 9.59 Å². The lowest BCUT2D eigenvalue weighted by Gasteiger charge is -2.59. The predicted octanol–water partition coefficient (Wildman–Crippen LogP) is 3.83. The van der Waals surface area contributed by atoms with E-state index < -0.39 is 15.7 Å². The molecule has 1 N–H and O–H groups in total. The lowest BCUT2D eigenvalue weighted by Crippen LogP contribution is -2.56. The summed E-state index contributed by atoms with van der Waals surface area (Å²) in [6, 6.07) is 0.128. The van der Waals surface area contributed by atoms with Crippen molar-refractivity contribution >= 4 is 35.1 Å². The van der Waals surface area contributed by atoms with Crippen molar-refractivity contribution in [3.8, 4) is 0 Å². The molecule has 0 aromatic carbocycles. The number of carbonyl (C=O) groups is 2. The quantitative estimate of drug-likeness (QED) is 0.575. The van der Waals surface area contributed by atoms with E-state index in [0.29, 0.717) is 6.42 Å². The van der Waals surface area contributed by atoms with E-state index in [1.54, 1.807) is 6.92 Å². The molecule has 0 spiro atoms. The molecular weight excluding hydrogens is 361 g/mol. The van der Waals surface area contributed by atoms with Crippen molar-refractivity contribution in [1.82, 2.24) is 5.32 Å². The number of rotatable bonds is 5. The van der Waals surface area contributed by atoms with Crippen molar-refractivity contribution in [3.05, 3.63) is 0 Å². The number of carbonyl (C=O) groups excluding carboxylic acids is 2. The van der Waals surface area contributed by atoms with Crippen LogP contribution in [0.15, 0.2) is 0 Å². The van der Waals surface area contributed by atoms with Crippen LogP contribution in [-0.4, -0.2) is 28.9 Å². The summed E-state index contributed by atoms with van der Waals surface area (Å²) in [7, 11) is 0. The third-order valence-electron chi connectivity index (χ3n) is 7.42. The van der Waals surface area contributed by atoms with Crippen molar-refractivity contribution in [2.45, 2.75) is 69.2 Å². The van der Waals surface area contributed by atoms with Crippen LogP contribution in [0.1, 0.15) is 58.8 Å². The number of esters is 1. The van der Waals surface area contributed by atoms with Crippen molar-refractivity contribution in [2.24, 2.45) is 28.6 Å². The SMILES string of the molecule is C[C@H](NC(=O)COC(=O)[C@@]1(C)CC1(Cl)Cl)C12CC3CC(CC(C3)C1)C2. The second-order valence-corrected chi connectivity index (χ2v) is 10.8. The van der Waals surface area contributed by atoms with Crippen molar-refractivity contribution in [1.29, 1.82) is 0 Å². The van der Waals surface area contributed by atoms with Gasteiger partial charge >= 0.3 is 5.97 Å². The number of amides is 1. The average Bonchev–Trinajstić information content (AvgIpc) is 3.03. The second-order valence-electron chi connectivity index (χ2n) is 9.36. The molecule has 4 bridgehead atoms. The molecule has 6 heteroatoms. The smallest absolute Gasteiger partial charge is 0.315 e. The lowest BCUT2D eigenvalue weighted by molar-refractivity contribution is -0.154. The number of hydrogen-bond acceptors (Lipinski definition) is 3. The molecule has 5 rings (SSSR count). The Labute approximate surface area is 159 Å². The third kappa shape index (κ3) is 2.97. The van der Waals surface area contributed by atoms with E-state index in [2.05, 4.69) is 12.2 Å². The van der Waals surface area contributed by atoms with Gasteiger partial charge in [-0.15, -0.1) is 23.2 Å². The number of nitrogens with one attached hydrogen (secondary N) is 1. The molecule has 5 fully saturated rings. The van der Waals surface area contributed by atoms with Crippen molar-refractivity contribution in [2.75, 3.05) is 6.61 Å². The van der Waals surface area contributed by atoms with Gasteiger partial charge in [-0.05, 0) is 75.5 Å². The monoisotopic (exact) mass is 387 g/mol. The molecule has 2 atom stereocenters. The van der Waals surface area contributed by atoms with Crippen LogP contribution in [-0.2, 0) is 14.3 Å². The fourth-order valence-electron chi connectivity index (χ4n) is 6.06. The normalized spacial score (nSPS) is 44.2. The largest absolute Gasteiger partial charge is 0.455 e. The topological polar surface area (TPSA) is 55.4 Å². The minimum atomic E-state index is -1.06. The van der Waals surface area contributed by atoms with Crippen LogP contribution >= 0.6 is 23.2 Å². The molecule has 0 radical (unpaired) electrons. The molecule has 0 saturated heterocycles. The number of halogens is 2. The summed E-state index contributed by atoms with van der Waals surface area (Å²) in [5, 5.41) is 3.10. The highest BCUT2D eigenvalue weighted by Crippen LogP contribution is 2.64. The van der Waals surface area contributed by atoms with Crippen LogP contribution in [0, 0.1) is 28.6 Å². The highest BCUT2D eigenvalue weighted by atomic mass is 35.5. The Kier molecular flexibility index (Phi) is 4.12. The molecular formula is C19H27Cl2NO3. The van der Waals surface area contributed by atoms with Crippen molar-refractivity contribution < 1.29 is 14.3 Å². The standard InChI is InChI=1S/C19H27Cl2NO3/c1-11(18-6-12-3-13(7-18)5-14(4-12)8-18)22-15(23)9-25-16(24)17(2)10-19(17,20)21/h11-14H,3-10H2,1-2H3,(H,22,23)/t11-,12?,13?,14?,17+,18?/m0/s1. The first-order chi connectivity index (χ1) is 11.6. The summed E-state index contributed by atoms with van der Waals surface area (Å²) in [5.74, 6) is 1.82. The molecule has 4 nitrogen and oxygen atoms in total. The predicted molar refractivity (Wildman–Crippen MR) is 96.3 cm³/mol. The zero-order valence-corrected chi connectivity index (χ0v) is 16.5. The fourth-order valence-corrected chi connectivity index (χ4v) is 6.74. The summed E-state index contributed by atoms with van der Waals surface area (Å²) >= 11 is 12.0. The first-order valence-electron chi connectivity index (χ1n) is 9.48. The molecule has 0 unspecified atom stereocenters. The lowest BCUT2D eigenvalue weighted by atomic mass is 9.48. The highest BCUT2D eigenvalue weighted by molar-refractivity contribution is 6.53. The number of ether oxygens (including phenoxy) is 1. The Balaban J connectivity index is 1.30. The van der Waals surface area contributed by atoms with E-state index >= 15 is 0 Å². The molecule has 0 aromatic heterocycles. The second kappa shape index (κ2) is 5.76. The molecule has 0 aromatic rings. The van der Waals surface area contributed by atoms with Gasteiger partial charge < -0.3 is 10.1 Å². The average molecular weight is 388 g/mol.